The summed E-state index contributed by atoms with van der Waals surface area (Å²) in [7, 11) is -2.50. The monoisotopic (exact) mass is 497 g/mol. The minimum absolute atomic E-state index is 0.0366. The quantitative estimate of drug-likeness (QED) is 0.252. The van der Waals surface area contributed by atoms with Gasteiger partial charge in [-0.25, -0.2) is 4.79 Å². The third-order valence-corrected chi connectivity index (χ3v) is 11.9. The Bertz CT molecular complexity index is 706. The van der Waals surface area contributed by atoms with Gasteiger partial charge >= 0.3 is 13.2 Å². The Balaban J connectivity index is 3.24. The molecule has 1 rings (SSSR count). The molecule has 1 aliphatic heterocycles. The molecular formula is C26H52BNO5Si. The molecule has 198 valence electrons. The van der Waals surface area contributed by atoms with Crippen LogP contribution in [0.15, 0.2) is 12.7 Å². The van der Waals surface area contributed by atoms with Crippen molar-refractivity contribution in [2.75, 3.05) is 13.1 Å². The number of carbonyl (C=O) groups excluding carboxylic acids is 1. The Hall–Kier alpha value is -0.828. The molecule has 0 N–H and O–H groups in total. The van der Waals surface area contributed by atoms with Crippen LogP contribution in [0.25, 0.3) is 0 Å². The molecule has 34 heavy (non-hydrogen) atoms. The summed E-state index contributed by atoms with van der Waals surface area (Å²) in [4.78, 5) is 14.7. The summed E-state index contributed by atoms with van der Waals surface area (Å²) in [5, 5.41) is -0.305. The molecule has 0 saturated carbocycles. The number of amides is 1. The van der Waals surface area contributed by atoms with Gasteiger partial charge in [-0.1, -0.05) is 40.7 Å². The van der Waals surface area contributed by atoms with Crippen LogP contribution in [0.2, 0.25) is 23.4 Å². The molecule has 1 unspecified atom stereocenters. The van der Waals surface area contributed by atoms with E-state index in [1.54, 1.807) is 11.0 Å². The van der Waals surface area contributed by atoms with E-state index in [0.29, 0.717) is 19.5 Å². The zero-order valence-corrected chi connectivity index (χ0v) is 25.5. The standard InChI is InChI=1S/C26H52BNO5Si/c1-16-17-28(21(29)30-22(2,3)4)19-20(31-34(14,15)23(5,6)7)18-24(8,9)27-32-25(10,11)26(12,13)33-27/h16,20H,1,17-19H2,2-15H3. The second-order valence-corrected chi connectivity index (χ2v) is 18.7. The average molecular weight is 498 g/mol. The Morgan fingerprint density at radius 3 is 1.88 bits per heavy atom. The molecule has 8 heteroatoms. The first-order valence-electron chi connectivity index (χ1n) is 12.6. The maximum Gasteiger partial charge on any atom is 0.464 e. The summed E-state index contributed by atoms with van der Waals surface area (Å²) in [5.74, 6) is 0. The Labute approximate surface area is 211 Å². The van der Waals surface area contributed by atoms with E-state index in [9.17, 15) is 4.79 Å². The normalized spacial score (nSPS) is 19.6. The van der Waals surface area contributed by atoms with Crippen LogP contribution in [0.4, 0.5) is 4.79 Å². The predicted octanol–water partition coefficient (Wildman–Crippen LogP) is 7.06. The van der Waals surface area contributed by atoms with Crippen LogP contribution in [0, 0.1) is 0 Å². The van der Waals surface area contributed by atoms with Crippen LogP contribution in [0.5, 0.6) is 0 Å². The van der Waals surface area contributed by atoms with Crippen LogP contribution < -0.4 is 0 Å². The van der Waals surface area contributed by atoms with Crippen molar-refractivity contribution in [3.05, 3.63) is 12.7 Å². The van der Waals surface area contributed by atoms with E-state index in [0.717, 1.165) is 0 Å². The van der Waals surface area contributed by atoms with E-state index < -0.39 is 25.1 Å². The Kier molecular flexibility index (Phi) is 9.42. The summed E-state index contributed by atoms with van der Waals surface area (Å²) in [6, 6.07) is 0. The van der Waals surface area contributed by atoms with Crippen molar-refractivity contribution in [2.24, 2.45) is 0 Å². The van der Waals surface area contributed by atoms with Crippen molar-refractivity contribution in [2.45, 2.75) is 136 Å². The highest BCUT2D eigenvalue weighted by Gasteiger charge is 2.57. The van der Waals surface area contributed by atoms with E-state index >= 15 is 0 Å². The van der Waals surface area contributed by atoms with Crippen molar-refractivity contribution >= 4 is 21.5 Å². The minimum atomic E-state index is -2.12. The van der Waals surface area contributed by atoms with Gasteiger partial charge in [0, 0.05) is 18.4 Å². The maximum absolute atomic E-state index is 13.0. The zero-order valence-electron chi connectivity index (χ0n) is 24.5. The van der Waals surface area contributed by atoms with Crippen molar-refractivity contribution < 1.29 is 23.3 Å². The molecule has 0 aromatic heterocycles. The second kappa shape index (κ2) is 10.3. The lowest BCUT2D eigenvalue weighted by atomic mass is 9.57. The molecule has 1 atom stereocenters. The molecule has 0 spiro atoms. The fourth-order valence-electron chi connectivity index (χ4n) is 3.53. The van der Waals surface area contributed by atoms with Gasteiger partial charge in [0.1, 0.15) is 5.60 Å². The van der Waals surface area contributed by atoms with Gasteiger partial charge < -0.3 is 23.4 Å². The summed E-state index contributed by atoms with van der Waals surface area (Å²) < 4.78 is 25.4. The van der Waals surface area contributed by atoms with Gasteiger partial charge in [-0.15, -0.1) is 6.58 Å². The van der Waals surface area contributed by atoms with Crippen LogP contribution in [-0.4, -0.2) is 62.4 Å². The minimum Gasteiger partial charge on any atom is -0.444 e. The molecular weight excluding hydrogens is 445 g/mol. The zero-order chi connectivity index (χ0) is 27.0. The molecule has 1 amide bonds. The molecule has 0 aliphatic carbocycles. The lowest BCUT2D eigenvalue weighted by Gasteiger charge is -2.42. The summed E-state index contributed by atoms with van der Waals surface area (Å²) in [6.45, 7) is 34.0. The molecule has 0 radical (unpaired) electrons. The number of hydrogen-bond donors (Lipinski definition) is 0. The highest BCUT2D eigenvalue weighted by atomic mass is 28.4. The van der Waals surface area contributed by atoms with E-state index in [-0.39, 0.29) is 29.7 Å². The first kappa shape index (κ1) is 31.2. The third-order valence-electron chi connectivity index (χ3n) is 7.34. The van der Waals surface area contributed by atoms with Crippen molar-refractivity contribution in [3.8, 4) is 0 Å². The third kappa shape index (κ3) is 8.10. The molecule has 1 saturated heterocycles. The lowest BCUT2D eigenvalue weighted by molar-refractivity contribution is 0.00578. The number of carbonyl (C=O) groups is 1. The van der Waals surface area contributed by atoms with Crippen LogP contribution in [0.3, 0.4) is 0 Å². The molecule has 1 fully saturated rings. The fourth-order valence-corrected chi connectivity index (χ4v) is 4.88. The largest absolute Gasteiger partial charge is 0.464 e. The van der Waals surface area contributed by atoms with Gasteiger partial charge in [-0.05, 0) is 73.0 Å². The topological polar surface area (TPSA) is 57.2 Å². The smallest absolute Gasteiger partial charge is 0.444 e. The number of ether oxygens (including phenoxy) is 1. The van der Waals surface area contributed by atoms with E-state index in [1.807, 2.05) is 20.8 Å². The second-order valence-electron chi connectivity index (χ2n) is 14.0. The number of nitrogens with zero attached hydrogens (tertiary/aromatic N) is 1. The molecule has 1 aliphatic rings. The van der Waals surface area contributed by atoms with Gasteiger partial charge in [0.25, 0.3) is 0 Å². The molecule has 0 aromatic carbocycles. The first-order valence-corrected chi connectivity index (χ1v) is 15.5. The van der Waals surface area contributed by atoms with Gasteiger partial charge in [0.15, 0.2) is 8.32 Å². The van der Waals surface area contributed by atoms with Gasteiger partial charge in [-0.2, -0.15) is 0 Å². The van der Waals surface area contributed by atoms with E-state index in [4.69, 9.17) is 18.5 Å². The lowest BCUT2D eigenvalue weighted by Crippen LogP contribution is -2.50. The summed E-state index contributed by atoms with van der Waals surface area (Å²) >= 11 is 0. The molecule has 1 heterocycles. The Morgan fingerprint density at radius 1 is 1.03 bits per heavy atom. The van der Waals surface area contributed by atoms with Crippen LogP contribution in [0.1, 0.15) is 89.5 Å². The van der Waals surface area contributed by atoms with Crippen molar-refractivity contribution in [3.63, 3.8) is 0 Å². The predicted molar refractivity (Wildman–Crippen MR) is 145 cm³/mol. The van der Waals surface area contributed by atoms with Crippen LogP contribution in [-0.2, 0) is 18.5 Å². The summed E-state index contributed by atoms with van der Waals surface area (Å²) in [6.07, 6.45) is 1.84. The SMILES string of the molecule is C=CCN(CC(CC(C)(C)B1OC(C)(C)C(C)(C)O1)O[Si](C)(C)C(C)(C)C)C(=O)OC(C)(C)C. The maximum atomic E-state index is 13.0. The van der Waals surface area contributed by atoms with Crippen molar-refractivity contribution in [1.82, 2.24) is 4.90 Å². The first-order chi connectivity index (χ1) is 14.9. The van der Waals surface area contributed by atoms with E-state index in [2.05, 4.69) is 82.0 Å². The van der Waals surface area contributed by atoms with Crippen LogP contribution >= 0.6 is 0 Å². The van der Waals surface area contributed by atoms with Gasteiger partial charge in [0.05, 0.1) is 17.3 Å². The highest BCUT2D eigenvalue weighted by Crippen LogP contribution is 2.48. The fraction of sp³-hybridized carbons (Fsp3) is 0.885. The van der Waals surface area contributed by atoms with E-state index in [1.165, 1.54) is 0 Å². The van der Waals surface area contributed by atoms with Gasteiger partial charge in [0.2, 0.25) is 0 Å². The highest BCUT2D eigenvalue weighted by molar-refractivity contribution is 6.74. The number of hydrogen-bond acceptors (Lipinski definition) is 5. The Morgan fingerprint density at radius 2 is 1.50 bits per heavy atom. The molecule has 0 aromatic rings. The average Bonchev–Trinajstić information content (AvgIpc) is 2.79. The molecule has 0 bridgehead atoms. The molecule has 6 nitrogen and oxygen atoms in total. The number of rotatable bonds is 9. The van der Waals surface area contributed by atoms with Crippen molar-refractivity contribution in [1.29, 1.82) is 0 Å². The van der Waals surface area contributed by atoms with Gasteiger partial charge in [-0.3, -0.25) is 0 Å². The summed E-state index contributed by atoms with van der Waals surface area (Å²) in [5.41, 5.74) is -1.39.